The van der Waals surface area contributed by atoms with E-state index in [-0.39, 0.29) is 5.54 Å². The lowest BCUT2D eigenvalue weighted by molar-refractivity contribution is 0.463. The molecule has 0 saturated heterocycles. The predicted octanol–water partition coefficient (Wildman–Crippen LogP) is 3.96. The molecule has 1 heterocycles. The normalized spacial score (nSPS) is 10.8. The molecule has 2 rings (SSSR count). The van der Waals surface area contributed by atoms with Gasteiger partial charge in [0.25, 0.3) is 0 Å². The first kappa shape index (κ1) is 15.3. The van der Waals surface area contributed by atoms with Gasteiger partial charge in [-0.25, -0.2) is 4.98 Å². The Kier molecular flexibility index (Phi) is 4.75. The van der Waals surface area contributed by atoms with Gasteiger partial charge in [0, 0.05) is 11.6 Å². The van der Waals surface area contributed by atoms with E-state index in [1.807, 2.05) is 36.4 Å². The lowest BCUT2D eigenvalue weighted by Crippen LogP contribution is -2.42. The lowest BCUT2D eigenvalue weighted by Gasteiger charge is -2.22. The zero-order valence-electron chi connectivity index (χ0n) is 12.4. The minimum Gasteiger partial charge on any atom is -0.439 e. The van der Waals surface area contributed by atoms with Crippen molar-refractivity contribution in [3.05, 3.63) is 48.7 Å². The van der Waals surface area contributed by atoms with Gasteiger partial charge < -0.3 is 15.4 Å². The Bertz CT molecular complexity index is 591. The third kappa shape index (κ3) is 5.39. The highest BCUT2D eigenvalue weighted by Crippen LogP contribution is 2.19. The number of ether oxygens (including phenoxy) is 1. The van der Waals surface area contributed by atoms with E-state index in [9.17, 15) is 0 Å². The zero-order valence-corrected chi connectivity index (χ0v) is 13.2. The summed E-state index contributed by atoms with van der Waals surface area (Å²) >= 11 is 5.24. The quantitative estimate of drug-likeness (QED) is 0.840. The standard InChI is InChI=1S/C16H19N3OS/c1-16(2,3)19-15(21)18-12-9-10-14(17-11-12)20-13-7-5-4-6-8-13/h4-11H,1-3H3,(H2,18,19,21). The average molecular weight is 301 g/mol. The van der Waals surface area contributed by atoms with Crippen LogP contribution in [-0.2, 0) is 0 Å². The highest BCUT2D eigenvalue weighted by molar-refractivity contribution is 7.80. The SMILES string of the molecule is CC(C)(C)NC(=S)Nc1ccc(Oc2ccccc2)nc1. The number of hydrogen-bond acceptors (Lipinski definition) is 3. The van der Waals surface area contributed by atoms with Crippen molar-refractivity contribution in [2.24, 2.45) is 0 Å². The number of rotatable bonds is 3. The average Bonchev–Trinajstić information content (AvgIpc) is 2.40. The number of para-hydroxylation sites is 1. The van der Waals surface area contributed by atoms with E-state index in [1.165, 1.54) is 0 Å². The molecule has 0 fully saturated rings. The predicted molar refractivity (Wildman–Crippen MR) is 89.9 cm³/mol. The number of thiocarbonyl (C=S) groups is 1. The monoisotopic (exact) mass is 301 g/mol. The smallest absolute Gasteiger partial charge is 0.219 e. The van der Waals surface area contributed by atoms with Crippen LogP contribution in [0.1, 0.15) is 20.8 Å². The Morgan fingerprint density at radius 2 is 1.81 bits per heavy atom. The number of benzene rings is 1. The molecule has 0 saturated carbocycles. The van der Waals surface area contributed by atoms with Gasteiger partial charge >= 0.3 is 0 Å². The van der Waals surface area contributed by atoms with Gasteiger partial charge in [-0.1, -0.05) is 18.2 Å². The maximum Gasteiger partial charge on any atom is 0.219 e. The van der Waals surface area contributed by atoms with Crippen LogP contribution < -0.4 is 15.4 Å². The minimum absolute atomic E-state index is 0.0755. The van der Waals surface area contributed by atoms with E-state index in [4.69, 9.17) is 17.0 Å². The number of nitrogens with one attached hydrogen (secondary N) is 2. The van der Waals surface area contributed by atoms with E-state index in [2.05, 4.69) is 36.4 Å². The van der Waals surface area contributed by atoms with Crippen molar-refractivity contribution >= 4 is 23.0 Å². The Morgan fingerprint density at radius 1 is 1.10 bits per heavy atom. The van der Waals surface area contributed by atoms with Gasteiger partial charge in [-0.2, -0.15) is 0 Å². The molecular formula is C16H19N3OS. The first-order chi connectivity index (χ1) is 9.92. The summed E-state index contributed by atoms with van der Waals surface area (Å²) in [5.74, 6) is 1.30. The van der Waals surface area contributed by atoms with E-state index in [0.29, 0.717) is 11.0 Å². The molecule has 0 amide bonds. The van der Waals surface area contributed by atoms with Crippen molar-refractivity contribution in [2.75, 3.05) is 5.32 Å². The molecule has 0 aliphatic carbocycles. The zero-order chi connectivity index (χ0) is 15.3. The highest BCUT2D eigenvalue weighted by Gasteiger charge is 2.11. The van der Waals surface area contributed by atoms with Crippen LogP contribution in [-0.4, -0.2) is 15.6 Å². The summed E-state index contributed by atoms with van der Waals surface area (Å²) in [6.45, 7) is 6.15. The summed E-state index contributed by atoms with van der Waals surface area (Å²) in [4.78, 5) is 4.25. The van der Waals surface area contributed by atoms with Gasteiger partial charge in [0.05, 0.1) is 11.9 Å². The molecule has 2 aromatic rings. The van der Waals surface area contributed by atoms with E-state index < -0.39 is 0 Å². The van der Waals surface area contributed by atoms with Crippen molar-refractivity contribution in [2.45, 2.75) is 26.3 Å². The molecule has 2 N–H and O–H groups in total. The Morgan fingerprint density at radius 3 is 2.38 bits per heavy atom. The maximum atomic E-state index is 5.63. The van der Waals surface area contributed by atoms with Crippen molar-refractivity contribution in [1.82, 2.24) is 10.3 Å². The second-order valence-corrected chi connectivity index (χ2v) is 6.04. The molecule has 0 aliphatic rings. The fourth-order valence-electron chi connectivity index (χ4n) is 1.63. The Labute approximate surface area is 130 Å². The number of nitrogens with zero attached hydrogens (tertiary/aromatic N) is 1. The Balaban J connectivity index is 1.95. The minimum atomic E-state index is -0.0755. The van der Waals surface area contributed by atoms with Crippen molar-refractivity contribution in [3.8, 4) is 11.6 Å². The second-order valence-electron chi connectivity index (χ2n) is 5.63. The summed E-state index contributed by atoms with van der Waals surface area (Å²) in [5.41, 5.74) is 0.741. The number of anilines is 1. The van der Waals surface area contributed by atoms with Crippen LogP contribution >= 0.6 is 12.2 Å². The fourth-order valence-corrected chi connectivity index (χ4v) is 2.05. The van der Waals surface area contributed by atoms with Gasteiger partial charge in [-0.15, -0.1) is 0 Å². The fraction of sp³-hybridized carbons (Fsp3) is 0.250. The van der Waals surface area contributed by atoms with Gasteiger partial charge in [-0.3, -0.25) is 0 Å². The molecule has 0 spiro atoms. The summed E-state index contributed by atoms with van der Waals surface area (Å²) in [5, 5.41) is 6.85. The van der Waals surface area contributed by atoms with E-state index in [1.54, 1.807) is 12.3 Å². The molecule has 0 unspecified atom stereocenters. The van der Waals surface area contributed by atoms with Crippen molar-refractivity contribution in [1.29, 1.82) is 0 Å². The molecule has 0 atom stereocenters. The summed E-state index contributed by atoms with van der Waals surface area (Å²) in [6.07, 6.45) is 1.69. The molecule has 1 aromatic carbocycles. The van der Waals surface area contributed by atoms with E-state index in [0.717, 1.165) is 11.4 Å². The van der Waals surface area contributed by atoms with Crippen LogP contribution in [0.25, 0.3) is 0 Å². The molecule has 110 valence electrons. The van der Waals surface area contributed by atoms with Crippen LogP contribution in [0.3, 0.4) is 0 Å². The molecule has 1 aromatic heterocycles. The molecule has 5 heteroatoms. The maximum absolute atomic E-state index is 5.63. The van der Waals surface area contributed by atoms with Crippen LogP contribution in [0.5, 0.6) is 11.6 Å². The topological polar surface area (TPSA) is 46.2 Å². The van der Waals surface area contributed by atoms with Crippen LogP contribution in [0, 0.1) is 0 Å². The van der Waals surface area contributed by atoms with Crippen molar-refractivity contribution in [3.63, 3.8) is 0 Å². The molecule has 0 radical (unpaired) electrons. The first-order valence-electron chi connectivity index (χ1n) is 6.70. The highest BCUT2D eigenvalue weighted by atomic mass is 32.1. The third-order valence-electron chi connectivity index (χ3n) is 2.45. The summed E-state index contributed by atoms with van der Waals surface area (Å²) in [7, 11) is 0. The first-order valence-corrected chi connectivity index (χ1v) is 7.11. The summed E-state index contributed by atoms with van der Waals surface area (Å²) < 4.78 is 5.63. The number of aromatic nitrogens is 1. The van der Waals surface area contributed by atoms with Gasteiger partial charge in [0.2, 0.25) is 5.88 Å². The van der Waals surface area contributed by atoms with Gasteiger partial charge in [-0.05, 0) is 51.2 Å². The second kappa shape index (κ2) is 6.54. The number of pyridine rings is 1. The largest absolute Gasteiger partial charge is 0.439 e. The molecule has 4 nitrogen and oxygen atoms in total. The molecule has 0 aliphatic heterocycles. The van der Waals surface area contributed by atoms with Gasteiger partial charge in [0.1, 0.15) is 5.75 Å². The number of hydrogen-bond donors (Lipinski definition) is 2. The van der Waals surface area contributed by atoms with Crippen molar-refractivity contribution < 1.29 is 4.74 Å². The van der Waals surface area contributed by atoms with Crippen LogP contribution in [0.2, 0.25) is 0 Å². The lowest BCUT2D eigenvalue weighted by atomic mass is 10.1. The molecular weight excluding hydrogens is 282 g/mol. The van der Waals surface area contributed by atoms with Crippen LogP contribution in [0.4, 0.5) is 5.69 Å². The van der Waals surface area contributed by atoms with E-state index >= 15 is 0 Å². The molecule has 0 bridgehead atoms. The van der Waals surface area contributed by atoms with Crippen LogP contribution in [0.15, 0.2) is 48.7 Å². The third-order valence-corrected chi connectivity index (χ3v) is 2.65. The Hall–Kier alpha value is -2.14. The molecule has 21 heavy (non-hydrogen) atoms. The van der Waals surface area contributed by atoms with Gasteiger partial charge in [0.15, 0.2) is 5.11 Å². The summed E-state index contributed by atoms with van der Waals surface area (Å²) in [6, 6.07) is 13.2.